The van der Waals surface area contributed by atoms with E-state index in [1.807, 2.05) is 0 Å². The van der Waals surface area contributed by atoms with Gasteiger partial charge >= 0.3 is 0 Å². The molecule has 0 radical (unpaired) electrons. The Balaban J connectivity index is 1.85. The van der Waals surface area contributed by atoms with Gasteiger partial charge in [-0.05, 0) is 12.2 Å². The van der Waals surface area contributed by atoms with Gasteiger partial charge in [0.1, 0.15) is 0 Å². The largest absolute Gasteiger partial charge is 0.118 e. The first-order valence-electron chi connectivity index (χ1n) is 7.29. The van der Waals surface area contributed by atoms with Crippen LogP contribution in [0.2, 0.25) is 0 Å². The molecule has 0 fully saturated rings. The van der Waals surface area contributed by atoms with E-state index in [1.165, 1.54) is 72.4 Å². The van der Waals surface area contributed by atoms with E-state index < -0.39 is 0 Å². The van der Waals surface area contributed by atoms with Crippen LogP contribution in [0.5, 0.6) is 0 Å². The molecule has 0 aliphatic carbocycles. The van der Waals surface area contributed by atoms with Gasteiger partial charge in [-0.1, -0.05) is 85.1 Å². The Morgan fingerprint density at radius 1 is 0.941 bits per heavy atom. The maximum Gasteiger partial charge on any atom is 0.0444 e. The van der Waals surface area contributed by atoms with Crippen molar-refractivity contribution in [1.29, 1.82) is 0 Å². The third-order valence-corrected chi connectivity index (χ3v) is 5.57. The smallest absolute Gasteiger partial charge is 0.0444 e. The second kappa shape index (κ2) is 9.29. The van der Waals surface area contributed by atoms with Gasteiger partial charge in [0.2, 0.25) is 0 Å². The van der Waals surface area contributed by atoms with Gasteiger partial charge < -0.3 is 0 Å². The molecule has 0 aromatic heterocycles. The SMILES string of the molecule is CCCCCCCCCCCC1(P)C=CC=P1. The van der Waals surface area contributed by atoms with Crippen molar-refractivity contribution >= 4 is 23.2 Å². The van der Waals surface area contributed by atoms with E-state index in [0.717, 1.165) is 0 Å². The lowest BCUT2D eigenvalue weighted by Crippen LogP contribution is -2.05. The Hall–Kier alpha value is 0.340. The third-order valence-electron chi connectivity index (χ3n) is 3.47. The zero-order valence-electron chi connectivity index (χ0n) is 11.3. The summed E-state index contributed by atoms with van der Waals surface area (Å²) in [4.78, 5) is 0.390. The van der Waals surface area contributed by atoms with Gasteiger partial charge in [0.05, 0.1) is 0 Å². The zero-order valence-corrected chi connectivity index (χ0v) is 13.4. The minimum atomic E-state index is 0.390. The van der Waals surface area contributed by atoms with Crippen LogP contribution in [-0.2, 0) is 0 Å². The topological polar surface area (TPSA) is 0 Å². The molecule has 0 aromatic rings. The van der Waals surface area contributed by atoms with Crippen molar-refractivity contribution in [2.75, 3.05) is 0 Å². The number of rotatable bonds is 10. The van der Waals surface area contributed by atoms with Crippen LogP contribution in [0.3, 0.4) is 0 Å². The minimum Gasteiger partial charge on any atom is -0.118 e. The van der Waals surface area contributed by atoms with E-state index in [-0.39, 0.29) is 0 Å². The quantitative estimate of drug-likeness (QED) is 0.348. The van der Waals surface area contributed by atoms with Crippen molar-refractivity contribution in [3.05, 3.63) is 12.2 Å². The van der Waals surface area contributed by atoms with E-state index in [1.54, 1.807) is 0 Å². The Morgan fingerprint density at radius 3 is 2.06 bits per heavy atom. The molecule has 2 heteroatoms. The lowest BCUT2D eigenvalue weighted by molar-refractivity contribution is 0.556. The predicted molar refractivity (Wildman–Crippen MR) is 86.4 cm³/mol. The summed E-state index contributed by atoms with van der Waals surface area (Å²) in [6.45, 7) is 2.28. The highest BCUT2D eigenvalue weighted by molar-refractivity contribution is 7.53. The molecule has 0 saturated heterocycles. The maximum absolute atomic E-state index is 3.03. The Bertz CT molecular complexity index is 231. The zero-order chi connectivity index (χ0) is 12.4. The van der Waals surface area contributed by atoms with E-state index in [9.17, 15) is 0 Å². The fourth-order valence-corrected chi connectivity index (χ4v) is 3.78. The Labute approximate surface area is 112 Å². The second-order valence-corrected chi connectivity index (χ2v) is 8.11. The van der Waals surface area contributed by atoms with Gasteiger partial charge in [-0.3, -0.25) is 0 Å². The molecule has 2 unspecified atom stereocenters. The molecule has 98 valence electrons. The molecule has 2 atom stereocenters. The van der Waals surface area contributed by atoms with E-state index in [0.29, 0.717) is 4.90 Å². The number of allylic oxidation sites excluding steroid dienone is 2. The summed E-state index contributed by atoms with van der Waals surface area (Å²) in [5.41, 5.74) is 0. The first-order chi connectivity index (χ1) is 8.27. The molecule has 1 heterocycles. The summed E-state index contributed by atoms with van der Waals surface area (Å²) in [7, 11) is 4.50. The van der Waals surface area contributed by atoms with Gasteiger partial charge in [0, 0.05) is 4.90 Å². The van der Waals surface area contributed by atoms with Crippen LogP contribution in [-0.4, -0.2) is 10.7 Å². The van der Waals surface area contributed by atoms with Crippen molar-refractivity contribution in [3.63, 3.8) is 0 Å². The fraction of sp³-hybridized carbons (Fsp3) is 0.800. The van der Waals surface area contributed by atoms with Crippen molar-refractivity contribution in [1.82, 2.24) is 0 Å². The highest BCUT2D eigenvalue weighted by atomic mass is 31.1. The van der Waals surface area contributed by atoms with E-state index in [4.69, 9.17) is 0 Å². The lowest BCUT2D eigenvalue weighted by Gasteiger charge is -2.17. The monoisotopic (exact) mass is 270 g/mol. The summed E-state index contributed by atoms with van der Waals surface area (Å²) in [5, 5.41) is 0. The summed E-state index contributed by atoms with van der Waals surface area (Å²) in [5.74, 6) is 2.26. The van der Waals surface area contributed by atoms with Crippen molar-refractivity contribution in [2.24, 2.45) is 0 Å². The Morgan fingerprint density at radius 2 is 1.53 bits per heavy atom. The average molecular weight is 270 g/mol. The van der Waals surface area contributed by atoms with Crippen LogP contribution in [0, 0.1) is 0 Å². The average Bonchev–Trinajstić information content (AvgIpc) is 2.74. The van der Waals surface area contributed by atoms with Crippen LogP contribution in [0.4, 0.5) is 0 Å². The third kappa shape index (κ3) is 7.38. The van der Waals surface area contributed by atoms with E-state index in [2.05, 4.69) is 34.1 Å². The lowest BCUT2D eigenvalue weighted by atomic mass is 10.1. The van der Waals surface area contributed by atoms with Crippen molar-refractivity contribution in [2.45, 2.75) is 76.0 Å². The number of unbranched alkanes of at least 4 members (excludes halogenated alkanes) is 8. The van der Waals surface area contributed by atoms with Crippen molar-refractivity contribution < 1.29 is 0 Å². The highest BCUT2D eigenvalue weighted by Crippen LogP contribution is 2.41. The molecule has 1 aliphatic heterocycles. The van der Waals surface area contributed by atoms with Crippen LogP contribution in [0.25, 0.3) is 0 Å². The summed E-state index contributed by atoms with van der Waals surface area (Å²) < 4.78 is 0. The van der Waals surface area contributed by atoms with Gasteiger partial charge in [-0.25, -0.2) is 0 Å². The number of hydrogen-bond acceptors (Lipinski definition) is 0. The molecular formula is C15H28P2. The fourth-order valence-electron chi connectivity index (χ4n) is 2.30. The van der Waals surface area contributed by atoms with Gasteiger partial charge in [-0.2, -0.15) is 0 Å². The van der Waals surface area contributed by atoms with Gasteiger partial charge in [0.25, 0.3) is 0 Å². The molecule has 0 N–H and O–H groups in total. The molecule has 0 bridgehead atoms. The minimum absolute atomic E-state index is 0.390. The molecule has 0 saturated carbocycles. The molecule has 1 aliphatic rings. The van der Waals surface area contributed by atoms with E-state index >= 15 is 0 Å². The number of hydrogen-bond donors (Lipinski definition) is 0. The molecule has 1 rings (SSSR count). The molecule has 0 nitrogen and oxygen atoms in total. The molecule has 0 aromatic carbocycles. The summed E-state index contributed by atoms with van der Waals surface area (Å²) >= 11 is 0. The predicted octanol–water partition coefficient (Wildman–Crippen LogP) is 5.80. The molecule has 0 amide bonds. The van der Waals surface area contributed by atoms with Gasteiger partial charge in [-0.15, -0.1) is 9.24 Å². The summed E-state index contributed by atoms with van der Waals surface area (Å²) in [6.07, 6.45) is 18.8. The normalized spacial score (nSPS) is 23.4. The summed E-state index contributed by atoms with van der Waals surface area (Å²) in [6, 6.07) is 0. The maximum atomic E-state index is 3.03. The second-order valence-electron chi connectivity index (χ2n) is 5.21. The molecule has 0 spiro atoms. The Kier molecular flexibility index (Phi) is 8.42. The van der Waals surface area contributed by atoms with Crippen LogP contribution >= 0.6 is 17.4 Å². The van der Waals surface area contributed by atoms with Crippen molar-refractivity contribution in [3.8, 4) is 0 Å². The highest BCUT2D eigenvalue weighted by Gasteiger charge is 2.19. The first kappa shape index (κ1) is 15.4. The van der Waals surface area contributed by atoms with Crippen LogP contribution < -0.4 is 0 Å². The first-order valence-corrected chi connectivity index (χ1v) is 8.83. The van der Waals surface area contributed by atoms with Crippen LogP contribution in [0.15, 0.2) is 12.2 Å². The standard InChI is InChI=1S/C15H28P2/c1-2-3-4-5-6-7-8-9-10-12-15(16)13-11-14-17-15/h11,13-14H,2-10,12,16H2,1H3. The molecular weight excluding hydrogens is 242 g/mol. The van der Waals surface area contributed by atoms with Gasteiger partial charge in [0.15, 0.2) is 0 Å². The molecule has 17 heavy (non-hydrogen) atoms. The van der Waals surface area contributed by atoms with Crippen LogP contribution in [0.1, 0.15) is 71.1 Å².